The summed E-state index contributed by atoms with van der Waals surface area (Å²) in [6, 6.07) is 1.66. The highest BCUT2D eigenvalue weighted by Crippen LogP contribution is 2.20. The van der Waals surface area contributed by atoms with Crippen LogP contribution in [0.5, 0.6) is 0 Å². The number of nitrogens with two attached hydrogens (primary N) is 1. The lowest BCUT2D eigenvalue weighted by atomic mass is 9.98. The van der Waals surface area contributed by atoms with Crippen LogP contribution in [0.1, 0.15) is 23.2 Å². The number of nitrogens with zero attached hydrogens (tertiary/aromatic N) is 2. The third-order valence-electron chi connectivity index (χ3n) is 3.29. The van der Waals surface area contributed by atoms with Crippen molar-refractivity contribution in [2.45, 2.75) is 12.8 Å². The molecule has 0 bridgehead atoms. The third kappa shape index (κ3) is 3.81. The molecular weight excluding hydrogens is 266 g/mol. The van der Waals surface area contributed by atoms with Gasteiger partial charge in [0.2, 0.25) is 0 Å². The zero-order chi connectivity index (χ0) is 13.0. The third-order valence-corrected chi connectivity index (χ3v) is 3.29. The normalized spacial score (nSPS) is 18.8. The van der Waals surface area contributed by atoms with Crippen molar-refractivity contribution in [2.24, 2.45) is 5.92 Å². The first kappa shape index (κ1) is 15.7. The van der Waals surface area contributed by atoms with Gasteiger partial charge < -0.3 is 15.4 Å². The zero-order valence-corrected chi connectivity index (χ0v) is 11.9. The minimum atomic E-state index is -0.0265. The first-order chi connectivity index (χ1) is 8.72. The lowest BCUT2D eigenvalue weighted by Crippen LogP contribution is -2.41. The predicted octanol–water partition coefficient (Wildman–Crippen LogP) is 1.58. The largest absolute Gasteiger partial charge is 0.398 e. The summed E-state index contributed by atoms with van der Waals surface area (Å²) >= 11 is 0. The second kappa shape index (κ2) is 7.31. The molecule has 0 aliphatic carbocycles. The minimum absolute atomic E-state index is 0. The number of halogens is 1. The van der Waals surface area contributed by atoms with E-state index in [4.69, 9.17) is 10.5 Å². The zero-order valence-electron chi connectivity index (χ0n) is 11.0. The first-order valence-electron chi connectivity index (χ1n) is 6.20. The van der Waals surface area contributed by atoms with Gasteiger partial charge in [-0.1, -0.05) is 0 Å². The van der Waals surface area contributed by atoms with Gasteiger partial charge in [-0.3, -0.25) is 9.78 Å². The number of carbonyl (C=O) groups is 1. The van der Waals surface area contributed by atoms with Crippen LogP contribution in [-0.2, 0) is 4.74 Å². The van der Waals surface area contributed by atoms with E-state index in [2.05, 4.69) is 4.98 Å². The fourth-order valence-electron chi connectivity index (χ4n) is 2.38. The molecule has 2 N–H and O–H groups in total. The van der Waals surface area contributed by atoms with Crippen LogP contribution in [0.25, 0.3) is 0 Å². The van der Waals surface area contributed by atoms with Gasteiger partial charge in [-0.05, 0) is 24.8 Å². The number of hydrogen-bond donors (Lipinski definition) is 1. The van der Waals surface area contributed by atoms with Crippen molar-refractivity contribution in [1.82, 2.24) is 9.88 Å². The van der Waals surface area contributed by atoms with E-state index in [0.29, 0.717) is 23.8 Å². The summed E-state index contributed by atoms with van der Waals surface area (Å²) in [4.78, 5) is 18.1. The molecule has 1 atom stereocenters. The molecule has 5 nitrogen and oxygen atoms in total. The number of rotatable bonds is 3. The van der Waals surface area contributed by atoms with E-state index in [1.807, 2.05) is 4.90 Å². The number of hydrogen-bond acceptors (Lipinski definition) is 4. The lowest BCUT2D eigenvalue weighted by Gasteiger charge is -2.32. The van der Waals surface area contributed by atoms with Crippen molar-refractivity contribution < 1.29 is 9.53 Å². The molecular formula is C13H20ClN3O2. The number of likely N-dealkylation sites (tertiary alicyclic amines) is 1. The number of carbonyl (C=O) groups excluding carboxylic acids is 1. The topological polar surface area (TPSA) is 68.5 Å². The maximum Gasteiger partial charge on any atom is 0.257 e. The second-order valence-electron chi connectivity index (χ2n) is 4.68. The fourth-order valence-corrected chi connectivity index (χ4v) is 2.38. The molecule has 1 amide bonds. The smallest absolute Gasteiger partial charge is 0.257 e. The number of aromatic nitrogens is 1. The summed E-state index contributed by atoms with van der Waals surface area (Å²) in [5, 5.41) is 0. The van der Waals surface area contributed by atoms with Crippen molar-refractivity contribution >= 4 is 24.0 Å². The molecule has 2 rings (SSSR count). The van der Waals surface area contributed by atoms with Gasteiger partial charge in [-0.15, -0.1) is 12.4 Å². The highest BCUT2D eigenvalue weighted by atomic mass is 35.5. The Morgan fingerprint density at radius 2 is 2.42 bits per heavy atom. The molecule has 19 heavy (non-hydrogen) atoms. The standard InChI is InChI=1S/C13H19N3O2.ClH/c1-18-9-10-3-2-6-16(8-10)13(17)11-7-15-5-4-12(11)14;/h4-5,7,10H,2-3,6,8-9H2,1H3,(H2,14,15);1H. The maximum absolute atomic E-state index is 12.3. The van der Waals surface area contributed by atoms with Gasteiger partial charge in [0.25, 0.3) is 5.91 Å². The van der Waals surface area contributed by atoms with E-state index in [1.54, 1.807) is 19.4 Å². The van der Waals surface area contributed by atoms with E-state index in [0.717, 1.165) is 25.9 Å². The average molecular weight is 286 g/mol. The Hall–Kier alpha value is -1.33. The molecule has 1 fully saturated rings. The van der Waals surface area contributed by atoms with Crippen LogP contribution in [-0.4, -0.2) is 42.6 Å². The van der Waals surface area contributed by atoms with Gasteiger partial charge in [-0.2, -0.15) is 0 Å². The SMILES string of the molecule is COCC1CCCN(C(=O)c2cnccc2N)C1.Cl. The summed E-state index contributed by atoms with van der Waals surface area (Å²) < 4.78 is 5.16. The van der Waals surface area contributed by atoms with Crippen LogP contribution in [0, 0.1) is 5.92 Å². The molecule has 1 aliphatic heterocycles. The Kier molecular flexibility index (Phi) is 6.05. The number of ether oxygens (including phenoxy) is 1. The van der Waals surface area contributed by atoms with Crippen molar-refractivity contribution in [2.75, 3.05) is 32.5 Å². The highest BCUT2D eigenvalue weighted by molar-refractivity contribution is 5.98. The van der Waals surface area contributed by atoms with Crippen molar-refractivity contribution in [1.29, 1.82) is 0 Å². The number of nitrogen functional groups attached to an aromatic ring is 1. The summed E-state index contributed by atoms with van der Waals surface area (Å²) in [5.41, 5.74) is 6.79. The van der Waals surface area contributed by atoms with Crippen LogP contribution in [0.4, 0.5) is 5.69 Å². The van der Waals surface area contributed by atoms with Crippen molar-refractivity contribution in [3.05, 3.63) is 24.0 Å². The molecule has 0 radical (unpaired) electrons. The van der Waals surface area contributed by atoms with Crippen molar-refractivity contribution in [3.63, 3.8) is 0 Å². The summed E-state index contributed by atoms with van der Waals surface area (Å²) in [6.07, 6.45) is 5.26. The van der Waals surface area contributed by atoms with Gasteiger partial charge in [0.15, 0.2) is 0 Å². The Morgan fingerprint density at radius 3 is 3.11 bits per heavy atom. The van der Waals surface area contributed by atoms with Gasteiger partial charge in [-0.25, -0.2) is 0 Å². The molecule has 0 saturated carbocycles. The molecule has 0 aromatic carbocycles. The fraction of sp³-hybridized carbons (Fsp3) is 0.538. The molecule has 2 heterocycles. The Morgan fingerprint density at radius 1 is 1.63 bits per heavy atom. The summed E-state index contributed by atoms with van der Waals surface area (Å²) in [7, 11) is 1.69. The van der Waals surface area contributed by atoms with Crippen LogP contribution in [0.15, 0.2) is 18.5 Å². The predicted molar refractivity (Wildman–Crippen MR) is 76.4 cm³/mol. The van der Waals surface area contributed by atoms with E-state index < -0.39 is 0 Å². The number of amides is 1. The number of pyridine rings is 1. The van der Waals surface area contributed by atoms with Crippen LogP contribution in [0.3, 0.4) is 0 Å². The van der Waals surface area contributed by atoms with E-state index in [9.17, 15) is 4.79 Å². The lowest BCUT2D eigenvalue weighted by molar-refractivity contribution is 0.0571. The molecule has 1 aromatic heterocycles. The molecule has 1 aliphatic rings. The van der Waals surface area contributed by atoms with Crippen LogP contribution < -0.4 is 5.73 Å². The van der Waals surface area contributed by atoms with Gasteiger partial charge in [0.1, 0.15) is 0 Å². The second-order valence-corrected chi connectivity index (χ2v) is 4.68. The van der Waals surface area contributed by atoms with Gasteiger partial charge in [0.05, 0.1) is 12.2 Å². The van der Waals surface area contributed by atoms with E-state index in [1.165, 1.54) is 6.20 Å². The van der Waals surface area contributed by atoms with E-state index in [-0.39, 0.29) is 18.3 Å². The first-order valence-corrected chi connectivity index (χ1v) is 6.20. The Balaban J connectivity index is 0.00000180. The summed E-state index contributed by atoms with van der Waals surface area (Å²) in [5.74, 6) is 0.395. The molecule has 6 heteroatoms. The number of piperidine rings is 1. The molecule has 1 aromatic rings. The number of methoxy groups -OCH3 is 1. The Labute approximate surface area is 119 Å². The van der Waals surface area contributed by atoms with Crippen LogP contribution in [0.2, 0.25) is 0 Å². The minimum Gasteiger partial charge on any atom is -0.398 e. The molecule has 106 valence electrons. The summed E-state index contributed by atoms with van der Waals surface area (Å²) in [6.45, 7) is 2.22. The number of anilines is 1. The maximum atomic E-state index is 12.3. The molecule has 1 saturated heterocycles. The molecule has 1 unspecified atom stereocenters. The average Bonchev–Trinajstić information content (AvgIpc) is 2.39. The van der Waals surface area contributed by atoms with Crippen molar-refractivity contribution in [3.8, 4) is 0 Å². The quantitative estimate of drug-likeness (QED) is 0.916. The highest BCUT2D eigenvalue weighted by Gasteiger charge is 2.25. The Bertz CT molecular complexity index is 426. The van der Waals surface area contributed by atoms with Gasteiger partial charge >= 0.3 is 0 Å². The van der Waals surface area contributed by atoms with Crippen LogP contribution >= 0.6 is 12.4 Å². The van der Waals surface area contributed by atoms with E-state index >= 15 is 0 Å². The monoisotopic (exact) mass is 285 g/mol. The molecule has 0 spiro atoms. The van der Waals surface area contributed by atoms with Gasteiger partial charge in [0, 0.05) is 38.3 Å².